The van der Waals surface area contributed by atoms with Gasteiger partial charge in [-0.25, -0.2) is 4.39 Å². The van der Waals surface area contributed by atoms with Crippen LogP contribution in [0, 0.1) is 17.1 Å². The van der Waals surface area contributed by atoms with Crippen LogP contribution in [-0.4, -0.2) is 17.1 Å². The first-order valence-electron chi connectivity index (χ1n) is 7.96. The second kappa shape index (κ2) is 8.23. The van der Waals surface area contributed by atoms with E-state index in [1.165, 1.54) is 29.2 Å². The van der Waals surface area contributed by atoms with Crippen LogP contribution >= 0.6 is 35.0 Å². The summed E-state index contributed by atoms with van der Waals surface area (Å²) in [5.74, 6) is -1.80. The lowest BCUT2D eigenvalue weighted by molar-refractivity contribution is -0.117. The third kappa shape index (κ3) is 3.99. The standard InChI is InChI=1S/C19H12Cl2FN3O2S/c20-11-2-1-10(15(21)8-11)7-16-18(27)25(13-5-3-12(22)4-6-13)19(28-16)14(9-23)17(24)26/h1-6,8,16H,7H2,(H2,24,26)/b19-14-/t16-/m0/s1. The fourth-order valence-electron chi connectivity index (χ4n) is 2.71. The number of nitrogens with two attached hydrogens (primary N) is 1. The van der Waals surface area contributed by atoms with Crippen LogP contribution in [0.4, 0.5) is 10.1 Å². The number of nitrogens with zero attached hydrogens (tertiary/aromatic N) is 2. The van der Waals surface area contributed by atoms with Gasteiger partial charge in [-0.15, -0.1) is 0 Å². The number of benzene rings is 2. The summed E-state index contributed by atoms with van der Waals surface area (Å²) in [6, 6.07) is 11.8. The minimum atomic E-state index is -0.949. The molecular weight excluding hydrogens is 424 g/mol. The van der Waals surface area contributed by atoms with Gasteiger partial charge in [-0.1, -0.05) is 41.0 Å². The van der Waals surface area contributed by atoms with Gasteiger partial charge in [0.2, 0.25) is 5.91 Å². The van der Waals surface area contributed by atoms with Gasteiger partial charge in [-0.05, 0) is 48.4 Å². The molecule has 0 unspecified atom stereocenters. The second-order valence-electron chi connectivity index (χ2n) is 5.85. The van der Waals surface area contributed by atoms with Crippen LogP contribution < -0.4 is 10.6 Å². The number of amides is 2. The number of halogens is 3. The molecule has 2 amide bonds. The summed E-state index contributed by atoms with van der Waals surface area (Å²) >= 11 is 13.2. The highest BCUT2D eigenvalue weighted by Gasteiger charge is 2.40. The topological polar surface area (TPSA) is 87.2 Å². The molecule has 1 heterocycles. The molecule has 0 spiro atoms. The van der Waals surface area contributed by atoms with Crippen molar-refractivity contribution in [2.75, 3.05) is 4.90 Å². The first-order chi connectivity index (χ1) is 13.3. The maximum atomic E-state index is 13.3. The van der Waals surface area contributed by atoms with Crippen LogP contribution in [-0.2, 0) is 16.0 Å². The zero-order valence-electron chi connectivity index (χ0n) is 14.2. The van der Waals surface area contributed by atoms with Gasteiger partial charge < -0.3 is 5.73 Å². The normalized spacial score (nSPS) is 18.1. The molecule has 2 aromatic rings. The average molecular weight is 436 g/mol. The molecule has 1 saturated heterocycles. The Morgan fingerprint density at radius 1 is 1.25 bits per heavy atom. The molecule has 5 nitrogen and oxygen atoms in total. The zero-order valence-corrected chi connectivity index (χ0v) is 16.5. The Kier molecular flexibility index (Phi) is 5.94. The summed E-state index contributed by atoms with van der Waals surface area (Å²) in [5.41, 5.74) is 5.99. The molecule has 0 aromatic heterocycles. The monoisotopic (exact) mass is 435 g/mol. The summed E-state index contributed by atoms with van der Waals surface area (Å²) in [4.78, 5) is 26.0. The molecule has 0 radical (unpaired) electrons. The van der Waals surface area contributed by atoms with Gasteiger partial charge in [0.1, 0.15) is 22.5 Å². The minimum Gasteiger partial charge on any atom is -0.365 e. The van der Waals surface area contributed by atoms with E-state index in [0.717, 1.165) is 11.8 Å². The molecule has 2 N–H and O–H groups in total. The van der Waals surface area contributed by atoms with Crippen LogP contribution in [0.15, 0.2) is 53.1 Å². The second-order valence-corrected chi connectivity index (χ2v) is 7.89. The van der Waals surface area contributed by atoms with Gasteiger partial charge in [0, 0.05) is 15.7 Å². The minimum absolute atomic E-state index is 0.113. The molecule has 1 fully saturated rings. The first kappa shape index (κ1) is 20.2. The number of thioether (sulfide) groups is 1. The van der Waals surface area contributed by atoms with Crippen LogP contribution in [0.3, 0.4) is 0 Å². The number of nitriles is 1. The van der Waals surface area contributed by atoms with Gasteiger partial charge >= 0.3 is 0 Å². The maximum Gasteiger partial charge on any atom is 0.262 e. The lowest BCUT2D eigenvalue weighted by atomic mass is 10.1. The number of primary amides is 1. The van der Waals surface area contributed by atoms with Gasteiger partial charge in [0.25, 0.3) is 5.91 Å². The van der Waals surface area contributed by atoms with E-state index in [4.69, 9.17) is 28.9 Å². The molecule has 0 saturated carbocycles. The third-order valence-electron chi connectivity index (χ3n) is 4.03. The quantitative estimate of drug-likeness (QED) is 0.579. The molecule has 142 valence electrons. The van der Waals surface area contributed by atoms with Gasteiger partial charge in [-0.2, -0.15) is 5.26 Å². The summed E-state index contributed by atoms with van der Waals surface area (Å²) < 4.78 is 13.3. The van der Waals surface area contributed by atoms with E-state index in [1.54, 1.807) is 24.3 Å². The van der Waals surface area contributed by atoms with Crippen molar-refractivity contribution in [3.63, 3.8) is 0 Å². The Morgan fingerprint density at radius 2 is 1.93 bits per heavy atom. The van der Waals surface area contributed by atoms with Crippen LogP contribution in [0.2, 0.25) is 10.0 Å². The highest BCUT2D eigenvalue weighted by atomic mass is 35.5. The molecule has 1 atom stereocenters. The van der Waals surface area contributed by atoms with Crippen molar-refractivity contribution in [1.82, 2.24) is 0 Å². The summed E-state index contributed by atoms with van der Waals surface area (Å²) in [6.07, 6.45) is 0.248. The Morgan fingerprint density at radius 3 is 2.50 bits per heavy atom. The predicted molar refractivity (Wildman–Crippen MR) is 107 cm³/mol. The Balaban J connectivity index is 2.04. The number of anilines is 1. The molecule has 1 aliphatic rings. The third-order valence-corrected chi connectivity index (χ3v) is 5.88. The lowest BCUT2D eigenvalue weighted by Crippen LogP contribution is -2.31. The molecule has 28 heavy (non-hydrogen) atoms. The van der Waals surface area contributed by atoms with E-state index in [-0.39, 0.29) is 22.9 Å². The Labute approximate surface area is 174 Å². The van der Waals surface area contributed by atoms with Crippen LogP contribution in [0.25, 0.3) is 0 Å². The maximum absolute atomic E-state index is 13.3. The van der Waals surface area contributed by atoms with Gasteiger partial charge in [0.05, 0.1) is 5.25 Å². The number of hydrogen-bond acceptors (Lipinski definition) is 4. The van der Waals surface area contributed by atoms with Crippen LogP contribution in [0.5, 0.6) is 0 Å². The Hall–Kier alpha value is -2.53. The number of carbonyl (C=O) groups excluding carboxylic acids is 2. The SMILES string of the molecule is N#C/C(C(N)=O)=C1/S[C@@H](Cc2ccc(Cl)cc2Cl)C(=O)N1c1ccc(F)cc1. The van der Waals surface area contributed by atoms with E-state index in [2.05, 4.69) is 0 Å². The van der Waals surface area contributed by atoms with Crippen molar-refractivity contribution in [3.05, 3.63) is 74.5 Å². The highest BCUT2D eigenvalue weighted by molar-refractivity contribution is 8.05. The summed E-state index contributed by atoms with van der Waals surface area (Å²) in [6.45, 7) is 0. The molecule has 1 aliphatic heterocycles. The summed E-state index contributed by atoms with van der Waals surface area (Å²) in [5, 5.41) is 9.68. The molecule has 2 aromatic carbocycles. The number of hydrogen-bond donors (Lipinski definition) is 1. The van der Waals surface area contributed by atoms with E-state index in [1.807, 2.05) is 0 Å². The highest BCUT2D eigenvalue weighted by Crippen LogP contribution is 2.42. The average Bonchev–Trinajstić information content (AvgIpc) is 2.95. The van der Waals surface area contributed by atoms with Crippen molar-refractivity contribution >= 4 is 52.5 Å². The van der Waals surface area contributed by atoms with Gasteiger partial charge in [0.15, 0.2) is 0 Å². The molecular formula is C19H12Cl2FN3O2S. The fraction of sp³-hybridized carbons (Fsp3) is 0.105. The van der Waals surface area contributed by atoms with E-state index >= 15 is 0 Å². The van der Waals surface area contributed by atoms with Crippen molar-refractivity contribution in [3.8, 4) is 6.07 Å². The number of carbonyl (C=O) groups is 2. The van der Waals surface area contributed by atoms with Crippen molar-refractivity contribution in [1.29, 1.82) is 5.26 Å². The first-order valence-corrected chi connectivity index (χ1v) is 9.59. The largest absolute Gasteiger partial charge is 0.365 e. The lowest BCUT2D eigenvalue weighted by Gasteiger charge is -2.18. The van der Waals surface area contributed by atoms with Gasteiger partial charge in [-0.3, -0.25) is 14.5 Å². The molecule has 0 bridgehead atoms. The Bertz CT molecular complexity index is 1030. The van der Waals surface area contributed by atoms with E-state index in [0.29, 0.717) is 21.3 Å². The van der Waals surface area contributed by atoms with Crippen molar-refractivity contribution < 1.29 is 14.0 Å². The summed E-state index contributed by atoms with van der Waals surface area (Å²) in [7, 11) is 0. The van der Waals surface area contributed by atoms with Crippen molar-refractivity contribution in [2.45, 2.75) is 11.7 Å². The van der Waals surface area contributed by atoms with Crippen LogP contribution in [0.1, 0.15) is 5.56 Å². The zero-order chi connectivity index (χ0) is 20.4. The number of rotatable bonds is 4. The smallest absolute Gasteiger partial charge is 0.262 e. The fourth-order valence-corrected chi connectivity index (χ4v) is 4.50. The van der Waals surface area contributed by atoms with Crippen molar-refractivity contribution in [2.24, 2.45) is 5.73 Å². The molecule has 9 heteroatoms. The van der Waals surface area contributed by atoms with E-state index in [9.17, 15) is 19.2 Å². The predicted octanol–water partition coefficient (Wildman–Crippen LogP) is 4.04. The molecule has 0 aliphatic carbocycles. The van der Waals surface area contributed by atoms with E-state index < -0.39 is 17.0 Å². The molecule has 3 rings (SSSR count).